The van der Waals surface area contributed by atoms with Gasteiger partial charge in [-0.1, -0.05) is 37.7 Å². The summed E-state index contributed by atoms with van der Waals surface area (Å²) in [7, 11) is 3.69. The number of benzene rings is 1. The highest BCUT2D eigenvalue weighted by molar-refractivity contribution is 7.98. The molecular weight excluding hydrogens is 502 g/mol. The molecule has 38 heavy (non-hydrogen) atoms. The number of carbonyl (C=O) groups is 2. The van der Waals surface area contributed by atoms with Gasteiger partial charge in [0.25, 0.3) is 5.91 Å². The van der Waals surface area contributed by atoms with Gasteiger partial charge in [-0.3, -0.25) is 4.79 Å². The van der Waals surface area contributed by atoms with Crippen LogP contribution in [0.3, 0.4) is 0 Å². The van der Waals surface area contributed by atoms with Gasteiger partial charge in [0.2, 0.25) is 0 Å². The highest BCUT2D eigenvalue weighted by Crippen LogP contribution is 2.28. The van der Waals surface area contributed by atoms with Crippen LogP contribution in [0, 0.1) is 5.92 Å². The van der Waals surface area contributed by atoms with E-state index >= 15 is 0 Å². The number of ether oxygens (including phenoxy) is 2. The van der Waals surface area contributed by atoms with Crippen LogP contribution < -0.4 is 9.80 Å². The Morgan fingerprint density at radius 2 is 1.97 bits per heavy atom. The number of carbonyl (C=O) groups excluding carboxylic acids is 2. The third-order valence-corrected chi connectivity index (χ3v) is 6.87. The van der Waals surface area contributed by atoms with E-state index in [1.807, 2.05) is 63.2 Å². The molecule has 0 aliphatic carbocycles. The van der Waals surface area contributed by atoms with Crippen LogP contribution in [0.2, 0.25) is 0 Å². The zero-order chi connectivity index (χ0) is 28.0. The number of nitrogens with zero attached hydrogens (tertiary/aromatic N) is 5. The predicted molar refractivity (Wildman–Crippen MR) is 152 cm³/mol. The Morgan fingerprint density at radius 1 is 1.24 bits per heavy atom. The molecule has 9 nitrogen and oxygen atoms in total. The molecule has 2 heterocycles. The summed E-state index contributed by atoms with van der Waals surface area (Å²) in [6.07, 6.45) is 3.87. The van der Waals surface area contributed by atoms with Gasteiger partial charge in [0.15, 0.2) is 5.16 Å². The summed E-state index contributed by atoms with van der Waals surface area (Å²) in [6, 6.07) is 7.90. The van der Waals surface area contributed by atoms with Crippen molar-refractivity contribution in [2.45, 2.75) is 64.5 Å². The minimum Gasteiger partial charge on any atom is -0.444 e. The van der Waals surface area contributed by atoms with Crippen molar-refractivity contribution < 1.29 is 19.1 Å². The molecule has 2 aromatic rings. The van der Waals surface area contributed by atoms with Crippen molar-refractivity contribution in [3.05, 3.63) is 41.6 Å². The SMILES string of the molecule is CSc1ncc2c(n1)N(C)CCN(c1cccc(COC(CCN(C)C(=O)OC(C)(C)C)C(C)C)c1)C2=O. The fourth-order valence-electron chi connectivity index (χ4n) is 4.13. The van der Waals surface area contributed by atoms with E-state index < -0.39 is 5.60 Å². The molecule has 0 saturated heterocycles. The summed E-state index contributed by atoms with van der Waals surface area (Å²) in [5.74, 6) is 0.823. The summed E-state index contributed by atoms with van der Waals surface area (Å²) in [5, 5.41) is 0.646. The number of likely N-dealkylation sites (N-methyl/N-ethyl adjacent to an activating group) is 1. The fraction of sp³-hybridized carbons (Fsp3) is 0.571. The Kier molecular flexibility index (Phi) is 10.0. The second kappa shape index (κ2) is 12.8. The van der Waals surface area contributed by atoms with Gasteiger partial charge in [0, 0.05) is 45.6 Å². The third kappa shape index (κ3) is 7.83. The lowest BCUT2D eigenvalue weighted by Crippen LogP contribution is -2.36. The number of anilines is 2. The van der Waals surface area contributed by atoms with E-state index in [9.17, 15) is 9.59 Å². The minimum atomic E-state index is -0.527. The van der Waals surface area contributed by atoms with Gasteiger partial charge in [-0.2, -0.15) is 0 Å². The maximum absolute atomic E-state index is 13.5. The zero-order valence-corrected chi connectivity index (χ0v) is 24.7. The first kappa shape index (κ1) is 29.7. The molecule has 2 amide bonds. The number of thioether (sulfide) groups is 1. The van der Waals surface area contributed by atoms with E-state index in [1.165, 1.54) is 11.8 Å². The number of rotatable bonds is 9. The number of aromatic nitrogens is 2. The van der Waals surface area contributed by atoms with Crippen LogP contribution in [-0.4, -0.2) is 78.6 Å². The van der Waals surface area contributed by atoms with Crippen molar-refractivity contribution in [3.63, 3.8) is 0 Å². The molecule has 1 atom stereocenters. The molecular formula is C28H41N5O4S. The third-order valence-electron chi connectivity index (χ3n) is 6.31. The van der Waals surface area contributed by atoms with Crippen LogP contribution in [0.4, 0.5) is 16.3 Å². The Hall–Kier alpha value is -2.85. The van der Waals surface area contributed by atoms with E-state index in [0.29, 0.717) is 49.2 Å². The monoisotopic (exact) mass is 543 g/mol. The normalized spacial score (nSPS) is 14.8. The molecule has 1 aliphatic heterocycles. The molecule has 1 aromatic heterocycles. The largest absolute Gasteiger partial charge is 0.444 e. The van der Waals surface area contributed by atoms with E-state index in [-0.39, 0.29) is 24.0 Å². The maximum Gasteiger partial charge on any atom is 0.410 e. The second-order valence-electron chi connectivity index (χ2n) is 10.9. The van der Waals surface area contributed by atoms with Crippen LogP contribution in [0.25, 0.3) is 0 Å². The number of hydrogen-bond donors (Lipinski definition) is 0. The van der Waals surface area contributed by atoms with Crippen LogP contribution in [0.15, 0.2) is 35.6 Å². The lowest BCUT2D eigenvalue weighted by Gasteiger charge is -2.27. The molecule has 0 saturated carbocycles. The van der Waals surface area contributed by atoms with E-state index in [2.05, 4.69) is 23.8 Å². The Balaban J connectivity index is 1.67. The summed E-state index contributed by atoms with van der Waals surface area (Å²) in [4.78, 5) is 40.1. The molecule has 208 valence electrons. The molecule has 1 aromatic carbocycles. The van der Waals surface area contributed by atoms with Crippen LogP contribution in [-0.2, 0) is 16.1 Å². The van der Waals surface area contributed by atoms with Crippen LogP contribution in [0.5, 0.6) is 0 Å². The first-order valence-corrected chi connectivity index (χ1v) is 14.2. The number of amides is 2. The predicted octanol–water partition coefficient (Wildman–Crippen LogP) is 5.09. The molecule has 0 bridgehead atoms. The lowest BCUT2D eigenvalue weighted by atomic mass is 10.0. The van der Waals surface area contributed by atoms with E-state index in [4.69, 9.17) is 9.47 Å². The number of fused-ring (bicyclic) bond motifs is 1. The standard InChI is InChI=1S/C28H41N5O4S/c1-19(2)23(12-13-32(7)27(35)37-28(3,4)5)36-18-20-10-9-11-21(16-20)33-15-14-31(6)24-22(25(33)34)17-29-26(30-24)38-8/h9-11,16-17,19,23H,12-15,18H2,1-8H3. The highest BCUT2D eigenvalue weighted by Gasteiger charge is 2.28. The smallest absolute Gasteiger partial charge is 0.410 e. The maximum atomic E-state index is 13.5. The van der Waals surface area contributed by atoms with Gasteiger partial charge in [0.05, 0.1) is 12.7 Å². The highest BCUT2D eigenvalue weighted by atomic mass is 32.2. The summed E-state index contributed by atoms with van der Waals surface area (Å²) in [6.45, 7) is 11.9. The Labute approximate surface area is 230 Å². The number of hydrogen-bond acceptors (Lipinski definition) is 8. The molecule has 3 rings (SSSR count). The van der Waals surface area contributed by atoms with Gasteiger partial charge >= 0.3 is 6.09 Å². The summed E-state index contributed by atoms with van der Waals surface area (Å²) < 4.78 is 11.8. The second-order valence-corrected chi connectivity index (χ2v) is 11.7. The quantitative estimate of drug-likeness (QED) is 0.319. The first-order valence-electron chi connectivity index (χ1n) is 13.0. The molecule has 1 aliphatic rings. The van der Waals surface area contributed by atoms with Gasteiger partial charge in [-0.15, -0.1) is 0 Å². The average Bonchev–Trinajstić information content (AvgIpc) is 2.98. The fourth-order valence-corrected chi connectivity index (χ4v) is 4.46. The molecule has 0 spiro atoms. The van der Waals surface area contributed by atoms with Crippen molar-refractivity contribution in [1.29, 1.82) is 0 Å². The van der Waals surface area contributed by atoms with Gasteiger partial charge < -0.3 is 24.2 Å². The van der Waals surface area contributed by atoms with Crippen molar-refractivity contribution >= 4 is 35.3 Å². The van der Waals surface area contributed by atoms with Crippen LogP contribution >= 0.6 is 11.8 Å². The van der Waals surface area contributed by atoms with E-state index in [0.717, 1.165) is 11.3 Å². The molecule has 0 radical (unpaired) electrons. The topological polar surface area (TPSA) is 88.1 Å². The van der Waals surface area contributed by atoms with E-state index in [1.54, 1.807) is 23.0 Å². The Morgan fingerprint density at radius 3 is 2.63 bits per heavy atom. The average molecular weight is 544 g/mol. The molecule has 0 N–H and O–H groups in total. The zero-order valence-electron chi connectivity index (χ0n) is 23.9. The minimum absolute atomic E-state index is 0.0355. The lowest BCUT2D eigenvalue weighted by molar-refractivity contribution is -0.00455. The molecule has 0 fully saturated rings. The molecule has 1 unspecified atom stereocenters. The summed E-state index contributed by atoms with van der Waals surface area (Å²) >= 11 is 1.46. The molecule has 10 heteroatoms. The summed E-state index contributed by atoms with van der Waals surface area (Å²) in [5.41, 5.74) is 1.77. The van der Waals surface area contributed by atoms with Gasteiger partial charge in [-0.05, 0) is 57.1 Å². The van der Waals surface area contributed by atoms with Crippen molar-refractivity contribution in [3.8, 4) is 0 Å². The Bertz CT molecular complexity index is 1120. The van der Waals surface area contributed by atoms with Crippen molar-refractivity contribution in [2.75, 3.05) is 49.8 Å². The van der Waals surface area contributed by atoms with Crippen molar-refractivity contribution in [2.24, 2.45) is 5.92 Å². The van der Waals surface area contributed by atoms with Gasteiger partial charge in [-0.25, -0.2) is 14.8 Å². The first-order chi connectivity index (χ1) is 17.9. The van der Waals surface area contributed by atoms with Crippen LogP contribution in [0.1, 0.15) is 57.0 Å². The van der Waals surface area contributed by atoms with Crippen molar-refractivity contribution in [1.82, 2.24) is 14.9 Å². The van der Waals surface area contributed by atoms with Gasteiger partial charge in [0.1, 0.15) is 17.0 Å².